The quantitative estimate of drug-likeness (QED) is 0.383. The van der Waals surface area contributed by atoms with Crippen LogP contribution in [0.4, 0.5) is 0 Å². The second kappa shape index (κ2) is 12.1. The van der Waals surface area contributed by atoms with Crippen LogP contribution in [0, 0.1) is 6.92 Å². The molecule has 0 atom stereocenters. The van der Waals surface area contributed by atoms with Gasteiger partial charge in [0.2, 0.25) is 0 Å². The first-order valence-electron chi connectivity index (χ1n) is 9.44. The monoisotopic (exact) mass is 369 g/mol. The van der Waals surface area contributed by atoms with E-state index in [1.54, 1.807) is 7.05 Å². The predicted octanol–water partition coefficient (Wildman–Crippen LogP) is 3.41. The Hall–Kier alpha value is -2.37. The summed E-state index contributed by atoms with van der Waals surface area (Å²) in [6, 6.07) is 16.9. The molecule has 0 aliphatic rings. The van der Waals surface area contributed by atoms with Gasteiger partial charge in [0.1, 0.15) is 0 Å². The average molecular weight is 370 g/mol. The van der Waals surface area contributed by atoms with Crippen LogP contribution in [0.5, 0.6) is 0 Å². The van der Waals surface area contributed by atoms with Crippen LogP contribution in [0.25, 0.3) is 0 Å². The van der Waals surface area contributed by atoms with Crippen molar-refractivity contribution in [1.82, 2.24) is 10.6 Å². The van der Waals surface area contributed by atoms with E-state index >= 15 is 0 Å². The Morgan fingerprint density at radius 1 is 0.889 bits per heavy atom. The largest absolute Gasteiger partial charge is 0.379 e. The smallest absolute Gasteiger partial charge is 0.191 e. The Labute approximate surface area is 162 Å². The van der Waals surface area contributed by atoms with E-state index in [1.165, 1.54) is 16.7 Å². The molecule has 0 aromatic heterocycles. The van der Waals surface area contributed by atoms with Crippen LogP contribution in [0.2, 0.25) is 0 Å². The van der Waals surface area contributed by atoms with Gasteiger partial charge in [0, 0.05) is 26.7 Å². The Bertz CT molecular complexity index is 699. The molecule has 0 saturated carbocycles. The second-order valence-electron chi connectivity index (χ2n) is 6.33. The van der Waals surface area contributed by atoms with Gasteiger partial charge in [0.15, 0.2) is 5.96 Å². The average Bonchev–Trinajstić information content (AvgIpc) is 2.69. The molecule has 0 amide bonds. The molecule has 0 spiro atoms. The minimum absolute atomic E-state index is 0.599. The van der Waals surface area contributed by atoms with Crippen molar-refractivity contribution >= 4 is 5.96 Å². The van der Waals surface area contributed by atoms with E-state index in [0.29, 0.717) is 26.4 Å². The molecule has 27 heavy (non-hydrogen) atoms. The topological polar surface area (TPSA) is 54.9 Å². The van der Waals surface area contributed by atoms with Gasteiger partial charge < -0.3 is 20.1 Å². The van der Waals surface area contributed by atoms with Gasteiger partial charge in [-0.25, -0.2) is 0 Å². The lowest BCUT2D eigenvalue weighted by molar-refractivity contribution is 0.0453. The van der Waals surface area contributed by atoms with Gasteiger partial charge in [0.05, 0.1) is 19.8 Å². The second-order valence-corrected chi connectivity index (χ2v) is 6.33. The Morgan fingerprint density at radius 2 is 1.56 bits per heavy atom. The summed E-state index contributed by atoms with van der Waals surface area (Å²) in [4.78, 5) is 4.29. The maximum Gasteiger partial charge on any atom is 0.191 e. The highest BCUT2D eigenvalue weighted by atomic mass is 16.5. The van der Waals surface area contributed by atoms with E-state index in [1.807, 2.05) is 6.92 Å². The van der Waals surface area contributed by atoms with Gasteiger partial charge in [0.25, 0.3) is 0 Å². The van der Waals surface area contributed by atoms with E-state index < -0.39 is 0 Å². The summed E-state index contributed by atoms with van der Waals surface area (Å²) in [6.07, 6.45) is 0. The van der Waals surface area contributed by atoms with E-state index in [4.69, 9.17) is 9.47 Å². The zero-order valence-electron chi connectivity index (χ0n) is 16.6. The van der Waals surface area contributed by atoms with E-state index in [9.17, 15) is 0 Å². The number of nitrogens with zero attached hydrogens (tertiary/aromatic N) is 1. The van der Waals surface area contributed by atoms with Crippen LogP contribution in [0.1, 0.15) is 29.2 Å². The molecule has 0 aliphatic heterocycles. The summed E-state index contributed by atoms with van der Waals surface area (Å²) < 4.78 is 10.9. The fraction of sp³-hybridized carbons (Fsp3) is 0.409. The number of benzene rings is 2. The maximum absolute atomic E-state index is 5.64. The number of nitrogens with one attached hydrogen (secondary N) is 2. The lowest BCUT2D eigenvalue weighted by Crippen LogP contribution is -2.36. The number of aryl methyl sites for hydroxylation is 1. The SMILES string of the molecule is CCOCCOCc1cccc(CNC(=NC)NCc2ccc(C)cc2)c1. The van der Waals surface area contributed by atoms with Crippen LogP contribution in [0.15, 0.2) is 53.5 Å². The summed E-state index contributed by atoms with van der Waals surface area (Å²) in [6.45, 7) is 8.11. The number of ether oxygens (including phenoxy) is 2. The van der Waals surface area contributed by atoms with Gasteiger partial charge in [-0.2, -0.15) is 0 Å². The molecule has 0 radical (unpaired) electrons. The zero-order valence-corrected chi connectivity index (χ0v) is 16.6. The van der Waals surface area contributed by atoms with Crippen molar-refractivity contribution in [3.8, 4) is 0 Å². The first-order chi connectivity index (χ1) is 13.2. The third-order valence-electron chi connectivity index (χ3n) is 4.10. The molecule has 5 nitrogen and oxygen atoms in total. The molecule has 2 rings (SSSR count). The maximum atomic E-state index is 5.64. The first-order valence-corrected chi connectivity index (χ1v) is 9.44. The Kier molecular flexibility index (Phi) is 9.38. The molecule has 0 fully saturated rings. The van der Waals surface area contributed by atoms with Crippen molar-refractivity contribution < 1.29 is 9.47 Å². The van der Waals surface area contributed by atoms with Crippen molar-refractivity contribution in [3.05, 3.63) is 70.8 Å². The molecular formula is C22H31N3O2. The number of aliphatic imine (C=N–C) groups is 1. The molecule has 0 saturated heterocycles. The molecule has 2 aromatic rings. The highest BCUT2D eigenvalue weighted by molar-refractivity contribution is 5.79. The van der Waals surface area contributed by atoms with Crippen molar-refractivity contribution in [2.24, 2.45) is 4.99 Å². The summed E-state index contributed by atoms with van der Waals surface area (Å²) in [5.74, 6) is 0.786. The van der Waals surface area contributed by atoms with Crippen molar-refractivity contribution in [3.63, 3.8) is 0 Å². The molecule has 5 heteroatoms. The first kappa shape index (κ1) is 20.9. The molecule has 0 aliphatic carbocycles. The fourth-order valence-corrected chi connectivity index (χ4v) is 2.58. The van der Waals surface area contributed by atoms with Gasteiger partial charge in [-0.15, -0.1) is 0 Å². The molecule has 0 heterocycles. The van der Waals surface area contributed by atoms with Crippen LogP contribution in [0.3, 0.4) is 0 Å². The highest BCUT2D eigenvalue weighted by Crippen LogP contribution is 2.07. The number of hydrogen-bond donors (Lipinski definition) is 2. The zero-order chi connectivity index (χ0) is 19.3. The normalized spacial score (nSPS) is 11.4. The minimum Gasteiger partial charge on any atom is -0.379 e. The summed E-state index contributed by atoms with van der Waals surface area (Å²) in [7, 11) is 1.78. The van der Waals surface area contributed by atoms with Gasteiger partial charge in [-0.3, -0.25) is 4.99 Å². The minimum atomic E-state index is 0.599. The highest BCUT2D eigenvalue weighted by Gasteiger charge is 2.01. The van der Waals surface area contributed by atoms with Gasteiger partial charge >= 0.3 is 0 Å². The molecule has 146 valence electrons. The number of rotatable bonds is 10. The fourth-order valence-electron chi connectivity index (χ4n) is 2.58. The Balaban J connectivity index is 1.76. The lowest BCUT2D eigenvalue weighted by atomic mass is 10.1. The standard InChI is InChI=1S/C22H31N3O2/c1-4-26-12-13-27-17-21-7-5-6-20(14-21)16-25-22(23-3)24-15-19-10-8-18(2)9-11-19/h5-11,14H,4,12-13,15-17H2,1-3H3,(H2,23,24,25). The molecule has 2 N–H and O–H groups in total. The predicted molar refractivity (Wildman–Crippen MR) is 111 cm³/mol. The summed E-state index contributed by atoms with van der Waals surface area (Å²) in [5.41, 5.74) is 4.85. The van der Waals surface area contributed by atoms with Crippen LogP contribution in [-0.2, 0) is 29.2 Å². The van der Waals surface area contributed by atoms with Gasteiger partial charge in [-0.05, 0) is 30.5 Å². The van der Waals surface area contributed by atoms with Crippen molar-refractivity contribution in [1.29, 1.82) is 0 Å². The van der Waals surface area contributed by atoms with Crippen LogP contribution in [-0.4, -0.2) is 32.8 Å². The van der Waals surface area contributed by atoms with E-state index in [0.717, 1.165) is 24.7 Å². The molecule has 0 bridgehead atoms. The number of hydrogen-bond acceptors (Lipinski definition) is 3. The summed E-state index contributed by atoms with van der Waals surface area (Å²) >= 11 is 0. The lowest BCUT2D eigenvalue weighted by Gasteiger charge is -2.13. The van der Waals surface area contributed by atoms with Gasteiger partial charge in [-0.1, -0.05) is 54.1 Å². The number of guanidine groups is 1. The van der Waals surface area contributed by atoms with E-state index in [-0.39, 0.29) is 0 Å². The van der Waals surface area contributed by atoms with Crippen LogP contribution >= 0.6 is 0 Å². The Morgan fingerprint density at radius 3 is 2.26 bits per heavy atom. The summed E-state index contributed by atoms with van der Waals surface area (Å²) in [5, 5.41) is 6.70. The molecular weight excluding hydrogens is 338 g/mol. The van der Waals surface area contributed by atoms with Crippen molar-refractivity contribution in [2.45, 2.75) is 33.5 Å². The third kappa shape index (κ3) is 8.24. The molecule has 0 unspecified atom stereocenters. The van der Waals surface area contributed by atoms with Crippen LogP contribution < -0.4 is 10.6 Å². The molecule has 2 aromatic carbocycles. The van der Waals surface area contributed by atoms with Crippen molar-refractivity contribution in [2.75, 3.05) is 26.9 Å². The third-order valence-corrected chi connectivity index (χ3v) is 4.10. The van der Waals surface area contributed by atoms with E-state index in [2.05, 4.69) is 71.1 Å².